The third-order valence-corrected chi connectivity index (χ3v) is 3.17. The maximum absolute atomic E-state index is 11.0. The maximum Gasteiger partial charge on any atom is 0.278 e. The van der Waals surface area contributed by atoms with E-state index in [4.69, 9.17) is 5.73 Å². The smallest absolute Gasteiger partial charge is 0.278 e. The Kier molecular flexibility index (Phi) is 4.06. The van der Waals surface area contributed by atoms with E-state index in [0.29, 0.717) is 17.3 Å². The molecule has 5 heteroatoms. The van der Waals surface area contributed by atoms with Crippen LogP contribution in [0, 0.1) is 10.1 Å². The molecule has 0 saturated carbocycles. The van der Waals surface area contributed by atoms with E-state index in [1.807, 2.05) is 0 Å². The van der Waals surface area contributed by atoms with Crippen molar-refractivity contribution in [3.63, 3.8) is 0 Å². The van der Waals surface area contributed by atoms with Gasteiger partial charge in [-0.05, 0) is 36.6 Å². The summed E-state index contributed by atoms with van der Waals surface area (Å²) in [5.74, 6) is 0. The van der Waals surface area contributed by atoms with Crippen LogP contribution in [0.25, 0.3) is 10.9 Å². The van der Waals surface area contributed by atoms with Gasteiger partial charge in [-0.15, -0.1) is 0 Å². The highest BCUT2D eigenvalue weighted by Crippen LogP contribution is 2.27. The molecule has 2 aromatic rings. The summed E-state index contributed by atoms with van der Waals surface area (Å²) in [7, 11) is 0. The van der Waals surface area contributed by atoms with Gasteiger partial charge in [0.05, 0.1) is 15.8 Å². The van der Waals surface area contributed by atoms with Gasteiger partial charge in [-0.3, -0.25) is 15.1 Å². The lowest BCUT2D eigenvalue weighted by molar-refractivity contribution is -0.383. The largest absolute Gasteiger partial charge is 0.327 e. The molecule has 0 spiro atoms. The Bertz CT molecular complexity index is 598. The zero-order valence-corrected chi connectivity index (χ0v) is 10.9. The van der Waals surface area contributed by atoms with Gasteiger partial charge in [-0.2, -0.15) is 0 Å². The van der Waals surface area contributed by atoms with E-state index >= 15 is 0 Å². The standard InChI is InChI=1S/C14H17N3O2/c1-2-4-11(15)9-10-6-7-13(17(18)19)12-5-3-8-16-14(10)12/h3,5-8,11H,2,4,9,15H2,1H3. The first-order valence-corrected chi connectivity index (χ1v) is 6.40. The van der Waals surface area contributed by atoms with Crippen LogP contribution in [0.4, 0.5) is 5.69 Å². The van der Waals surface area contributed by atoms with Gasteiger partial charge in [-0.25, -0.2) is 0 Å². The number of rotatable bonds is 5. The fourth-order valence-electron chi connectivity index (χ4n) is 2.30. The second-order valence-corrected chi connectivity index (χ2v) is 4.65. The molecule has 2 N–H and O–H groups in total. The number of pyridine rings is 1. The van der Waals surface area contributed by atoms with Crippen LogP contribution in [-0.4, -0.2) is 15.9 Å². The number of benzene rings is 1. The molecule has 1 heterocycles. The van der Waals surface area contributed by atoms with Crippen molar-refractivity contribution in [2.75, 3.05) is 0 Å². The first-order valence-electron chi connectivity index (χ1n) is 6.40. The van der Waals surface area contributed by atoms with Gasteiger partial charge in [0.2, 0.25) is 0 Å². The molecular formula is C14H17N3O2. The summed E-state index contributed by atoms with van der Waals surface area (Å²) in [5.41, 5.74) is 7.79. The van der Waals surface area contributed by atoms with Gasteiger partial charge in [0, 0.05) is 18.3 Å². The van der Waals surface area contributed by atoms with Crippen LogP contribution in [0.3, 0.4) is 0 Å². The van der Waals surface area contributed by atoms with Crippen LogP contribution in [0.2, 0.25) is 0 Å². The number of fused-ring (bicyclic) bond motifs is 1. The minimum atomic E-state index is -0.375. The molecule has 0 bridgehead atoms. The topological polar surface area (TPSA) is 82.0 Å². The number of nitro benzene ring substituents is 1. The molecule has 0 aliphatic heterocycles. The van der Waals surface area contributed by atoms with Crippen molar-refractivity contribution in [3.05, 3.63) is 46.1 Å². The second kappa shape index (κ2) is 5.75. The summed E-state index contributed by atoms with van der Waals surface area (Å²) in [6.07, 6.45) is 4.31. The first-order chi connectivity index (χ1) is 9.13. The summed E-state index contributed by atoms with van der Waals surface area (Å²) in [5, 5.41) is 11.6. The van der Waals surface area contributed by atoms with Crippen molar-refractivity contribution in [3.8, 4) is 0 Å². The lowest BCUT2D eigenvalue weighted by atomic mass is 9.99. The maximum atomic E-state index is 11.0. The van der Waals surface area contributed by atoms with Crippen LogP contribution in [0.1, 0.15) is 25.3 Å². The monoisotopic (exact) mass is 259 g/mol. The molecule has 1 atom stereocenters. The fourth-order valence-corrected chi connectivity index (χ4v) is 2.30. The number of nitrogens with zero attached hydrogens (tertiary/aromatic N) is 2. The van der Waals surface area contributed by atoms with Crippen molar-refractivity contribution in [1.29, 1.82) is 0 Å². The van der Waals surface area contributed by atoms with Crippen LogP contribution in [0.15, 0.2) is 30.5 Å². The molecule has 1 unspecified atom stereocenters. The highest BCUT2D eigenvalue weighted by molar-refractivity contribution is 5.90. The highest BCUT2D eigenvalue weighted by atomic mass is 16.6. The normalized spacial score (nSPS) is 12.5. The molecule has 0 fully saturated rings. The summed E-state index contributed by atoms with van der Waals surface area (Å²) < 4.78 is 0. The van der Waals surface area contributed by atoms with Crippen molar-refractivity contribution >= 4 is 16.6 Å². The number of nitrogens with two attached hydrogens (primary N) is 1. The Hall–Kier alpha value is -2.01. The Balaban J connectivity index is 2.46. The number of non-ortho nitro benzene ring substituents is 1. The van der Waals surface area contributed by atoms with E-state index < -0.39 is 0 Å². The molecule has 0 saturated heterocycles. The first kappa shape index (κ1) is 13.4. The van der Waals surface area contributed by atoms with Crippen LogP contribution < -0.4 is 5.73 Å². The van der Waals surface area contributed by atoms with Gasteiger partial charge in [-0.1, -0.05) is 13.3 Å². The zero-order valence-electron chi connectivity index (χ0n) is 10.9. The van der Waals surface area contributed by atoms with Crippen molar-refractivity contribution < 1.29 is 4.92 Å². The predicted octanol–water partition coefficient (Wildman–Crippen LogP) is 2.81. The van der Waals surface area contributed by atoms with Crippen LogP contribution in [-0.2, 0) is 6.42 Å². The van der Waals surface area contributed by atoms with Gasteiger partial charge in [0.1, 0.15) is 0 Å². The minimum Gasteiger partial charge on any atom is -0.327 e. The molecule has 5 nitrogen and oxygen atoms in total. The van der Waals surface area contributed by atoms with Crippen molar-refractivity contribution in [2.24, 2.45) is 5.73 Å². The molecule has 19 heavy (non-hydrogen) atoms. The Morgan fingerprint density at radius 2 is 2.21 bits per heavy atom. The van der Waals surface area contributed by atoms with E-state index in [2.05, 4.69) is 11.9 Å². The highest BCUT2D eigenvalue weighted by Gasteiger charge is 2.15. The van der Waals surface area contributed by atoms with Crippen LogP contribution >= 0.6 is 0 Å². The SMILES string of the molecule is CCCC(N)Cc1ccc([N+](=O)[O-])c2cccnc12. The Morgan fingerprint density at radius 3 is 2.89 bits per heavy atom. The number of hydrogen-bond donors (Lipinski definition) is 1. The predicted molar refractivity (Wildman–Crippen MR) is 75.0 cm³/mol. The van der Waals surface area contributed by atoms with Gasteiger partial charge in [0.25, 0.3) is 5.69 Å². The van der Waals surface area contributed by atoms with E-state index in [1.165, 1.54) is 6.07 Å². The van der Waals surface area contributed by atoms with Gasteiger partial charge >= 0.3 is 0 Å². The average molecular weight is 259 g/mol. The molecule has 0 aliphatic rings. The number of nitro groups is 1. The summed E-state index contributed by atoms with van der Waals surface area (Å²) in [4.78, 5) is 14.9. The summed E-state index contributed by atoms with van der Waals surface area (Å²) in [6, 6.07) is 6.82. The quantitative estimate of drug-likeness (QED) is 0.661. The third-order valence-electron chi connectivity index (χ3n) is 3.17. The van der Waals surface area contributed by atoms with E-state index in [-0.39, 0.29) is 16.7 Å². The van der Waals surface area contributed by atoms with Gasteiger partial charge in [0.15, 0.2) is 0 Å². The second-order valence-electron chi connectivity index (χ2n) is 4.65. The molecule has 2 rings (SSSR count). The molecule has 0 aliphatic carbocycles. The number of aromatic nitrogens is 1. The molecule has 0 amide bonds. The lowest BCUT2D eigenvalue weighted by Crippen LogP contribution is -2.22. The van der Waals surface area contributed by atoms with Gasteiger partial charge < -0.3 is 5.73 Å². The Morgan fingerprint density at radius 1 is 1.42 bits per heavy atom. The molecular weight excluding hydrogens is 242 g/mol. The molecule has 1 aromatic heterocycles. The Labute approximate surface area is 111 Å². The van der Waals surface area contributed by atoms with E-state index in [9.17, 15) is 10.1 Å². The zero-order chi connectivity index (χ0) is 13.8. The van der Waals surface area contributed by atoms with Crippen molar-refractivity contribution in [2.45, 2.75) is 32.2 Å². The third kappa shape index (κ3) is 2.88. The lowest BCUT2D eigenvalue weighted by Gasteiger charge is -2.12. The molecule has 100 valence electrons. The van der Waals surface area contributed by atoms with Crippen LogP contribution in [0.5, 0.6) is 0 Å². The summed E-state index contributed by atoms with van der Waals surface area (Å²) >= 11 is 0. The van der Waals surface area contributed by atoms with E-state index in [0.717, 1.165) is 18.4 Å². The minimum absolute atomic E-state index is 0.0664. The number of hydrogen-bond acceptors (Lipinski definition) is 4. The fraction of sp³-hybridized carbons (Fsp3) is 0.357. The van der Waals surface area contributed by atoms with Crippen molar-refractivity contribution in [1.82, 2.24) is 4.98 Å². The molecule has 0 radical (unpaired) electrons. The van der Waals surface area contributed by atoms with E-state index in [1.54, 1.807) is 24.4 Å². The average Bonchev–Trinajstić information content (AvgIpc) is 2.39. The molecule has 1 aromatic carbocycles. The summed E-state index contributed by atoms with van der Waals surface area (Å²) in [6.45, 7) is 2.09.